The summed E-state index contributed by atoms with van der Waals surface area (Å²) in [6.45, 7) is 4.22. The molecule has 424 valence electrons. The molecular weight excluding hydrogens is 873 g/mol. The molecule has 0 amide bonds. The van der Waals surface area contributed by atoms with Crippen LogP contribution < -0.4 is 0 Å². The first-order valence-electron chi connectivity index (χ1n) is 33.1. The molecule has 0 spiro atoms. The average Bonchev–Trinajstić information content (AvgIpc) is 3.37. The van der Waals surface area contributed by atoms with E-state index in [1.807, 2.05) is 0 Å². The van der Waals surface area contributed by atoms with E-state index in [0.717, 1.165) is 32.1 Å². The van der Waals surface area contributed by atoms with Crippen LogP contribution in [0.4, 0.5) is 0 Å². The van der Waals surface area contributed by atoms with Gasteiger partial charge in [0, 0.05) is 12.8 Å². The van der Waals surface area contributed by atoms with Crippen molar-refractivity contribution in [1.29, 1.82) is 0 Å². The third-order valence-electron chi connectivity index (χ3n) is 15.7. The second-order valence-corrected chi connectivity index (χ2v) is 22.9. The molecule has 0 saturated heterocycles. The fraction of sp³-hybridized carbons (Fsp3) is 0.970. The van der Waals surface area contributed by atoms with Crippen molar-refractivity contribution >= 4 is 11.9 Å². The quantitative estimate of drug-likeness (QED) is 0.0485. The number of unbranched alkanes of at least 4 members (excludes halogenated alkanes) is 55. The van der Waals surface area contributed by atoms with Crippen molar-refractivity contribution in [3.8, 4) is 0 Å². The summed E-state index contributed by atoms with van der Waals surface area (Å²) in [7, 11) is 0. The van der Waals surface area contributed by atoms with Crippen molar-refractivity contribution in [2.45, 2.75) is 399 Å². The standard InChI is InChI=1S/C66H130O5/c1-3-5-7-9-11-13-15-17-19-21-23-25-27-29-30-31-32-33-34-35-37-39-41-43-45-47-49-51-53-55-57-59-61-66(69)71-64(62-67)63-70-65(68)60-58-56-54-52-50-48-46-44-42-40-38-36-28-26-24-22-20-18-16-14-12-10-8-6-4-2/h64,67H,3-63H2,1-2H3. The Kier molecular flexibility index (Phi) is 62.2. The Morgan fingerprint density at radius 3 is 0.620 bits per heavy atom. The molecule has 0 aliphatic heterocycles. The van der Waals surface area contributed by atoms with E-state index >= 15 is 0 Å². The Bertz CT molecular complexity index is 999. The van der Waals surface area contributed by atoms with Crippen molar-refractivity contribution in [2.24, 2.45) is 0 Å². The molecule has 71 heavy (non-hydrogen) atoms. The Hall–Kier alpha value is -1.10. The normalized spacial score (nSPS) is 12.0. The van der Waals surface area contributed by atoms with Gasteiger partial charge in [-0.3, -0.25) is 9.59 Å². The number of ether oxygens (including phenoxy) is 2. The van der Waals surface area contributed by atoms with Crippen LogP contribution in [0, 0.1) is 0 Å². The van der Waals surface area contributed by atoms with Gasteiger partial charge in [-0.15, -0.1) is 0 Å². The summed E-state index contributed by atoms with van der Waals surface area (Å²) in [6.07, 6.45) is 78.5. The summed E-state index contributed by atoms with van der Waals surface area (Å²) in [6, 6.07) is 0. The highest BCUT2D eigenvalue weighted by atomic mass is 16.6. The van der Waals surface area contributed by atoms with E-state index < -0.39 is 6.10 Å². The molecule has 1 atom stereocenters. The van der Waals surface area contributed by atoms with E-state index in [4.69, 9.17) is 9.47 Å². The third kappa shape index (κ3) is 61.3. The number of carbonyl (C=O) groups is 2. The first-order chi connectivity index (χ1) is 35.1. The van der Waals surface area contributed by atoms with Crippen LogP contribution in [0.15, 0.2) is 0 Å². The summed E-state index contributed by atoms with van der Waals surface area (Å²) in [5.41, 5.74) is 0. The van der Waals surface area contributed by atoms with Crippen LogP contribution in [0.2, 0.25) is 0 Å². The topological polar surface area (TPSA) is 72.8 Å². The zero-order valence-corrected chi connectivity index (χ0v) is 48.8. The Balaban J connectivity index is 3.36. The van der Waals surface area contributed by atoms with Gasteiger partial charge in [-0.05, 0) is 12.8 Å². The average molecular weight is 1000 g/mol. The van der Waals surface area contributed by atoms with Crippen LogP contribution >= 0.6 is 0 Å². The molecule has 5 heteroatoms. The summed E-state index contributed by atoms with van der Waals surface area (Å²) < 4.78 is 10.8. The van der Waals surface area contributed by atoms with Gasteiger partial charge in [0.15, 0.2) is 6.10 Å². The van der Waals surface area contributed by atoms with E-state index in [1.165, 1.54) is 334 Å². The molecule has 0 aromatic carbocycles. The number of carbonyl (C=O) groups excluding carboxylic acids is 2. The minimum absolute atomic E-state index is 0.0554. The van der Waals surface area contributed by atoms with Crippen LogP contribution in [0.25, 0.3) is 0 Å². The second kappa shape index (κ2) is 63.2. The molecule has 0 saturated carbocycles. The summed E-state index contributed by atoms with van der Waals surface area (Å²) in [4.78, 5) is 24.6. The molecule has 0 rings (SSSR count). The van der Waals surface area contributed by atoms with E-state index in [1.54, 1.807) is 0 Å². The SMILES string of the molecule is CCCCCCCCCCCCCCCCCCCCCCCCCCCCCCCCCCC(=O)OC(CO)COC(=O)CCCCCCCCCCCCCCCCCCCCCCCCCCC. The van der Waals surface area contributed by atoms with Gasteiger partial charge in [0.05, 0.1) is 6.61 Å². The van der Waals surface area contributed by atoms with Crippen molar-refractivity contribution in [2.75, 3.05) is 13.2 Å². The number of hydrogen-bond acceptors (Lipinski definition) is 5. The van der Waals surface area contributed by atoms with Gasteiger partial charge < -0.3 is 14.6 Å². The van der Waals surface area contributed by atoms with E-state index in [0.29, 0.717) is 12.8 Å². The number of rotatable bonds is 63. The van der Waals surface area contributed by atoms with Crippen LogP contribution in [-0.4, -0.2) is 36.4 Å². The van der Waals surface area contributed by atoms with E-state index in [2.05, 4.69) is 13.8 Å². The van der Waals surface area contributed by atoms with Gasteiger partial charge in [-0.1, -0.05) is 367 Å². The lowest BCUT2D eigenvalue weighted by molar-refractivity contribution is -0.161. The monoisotopic (exact) mass is 1000 g/mol. The number of esters is 2. The lowest BCUT2D eigenvalue weighted by atomic mass is 10.0. The van der Waals surface area contributed by atoms with Crippen LogP contribution in [0.3, 0.4) is 0 Å². The Morgan fingerprint density at radius 1 is 0.268 bits per heavy atom. The molecule has 0 aliphatic carbocycles. The third-order valence-corrected chi connectivity index (χ3v) is 15.7. The zero-order chi connectivity index (χ0) is 51.3. The van der Waals surface area contributed by atoms with Crippen LogP contribution in [-0.2, 0) is 19.1 Å². The second-order valence-electron chi connectivity index (χ2n) is 22.9. The Morgan fingerprint density at radius 2 is 0.437 bits per heavy atom. The van der Waals surface area contributed by atoms with Gasteiger partial charge in [0.2, 0.25) is 0 Å². The molecule has 0 heterocycles. The number of aliphatic hydroxyl groups is 1. The highest BCUT2D eigenvalue weighted by molar-refractivity contribution is 5.70. The van der Waals surface area contributed by atoms with Crippen molar-refractivity contribution in [3.63, 3.8) is 0 Å². The molecule has 0 aromatic rings. The first kappa shape index (κ1) is 69.9. The maximum absolute atomic E-state index is 12.3. The minimum atomic E-state index is -0.765. The zero-order valence-electron chi connectivity index (χ0n) is 48.8. The van der Waals surface area contributed by atoms with Crippen molar-refractivity contribution in [3.05, 3.63) is 0 Å². The molecule has 5 nitrogen and oxygen atoms in total. The molecule has 0 aromatic heterocycles. The summed E-state index contributed by atoms with van der Waals surface area (Å²) in [5, 5.41) is 9.68. The summed E-state index contributed by atoms with van der Waals surface area (Å²) >= 11 is 0. The lowest BCUT2D eigenvalue weighted by Gasteiger charge is -2.15. The number of hydrogen-bond donors (Lipinski definition) is 1. The first-order valence-corrected chi connectivity index (χ1v) is 33.1. The molecule has 0 aliphatic rings. The molecule has 0 bridgehead atoms. The highest BCUT2D eigenvalue weighted by Gasteiger charge is 2.16. The molecule has 0 fully saturated rings. The highest BCUT2D eigenvalue weighted by Crippen LogP contribution is 2.19. The molecule has 0 radical (unpaired) electrons. The lowest BCUT2D eigenvalue weighted by Crippen LogP contribution is -2.28. The summed E-state index contributed by atoms with van der Waals surface area (Å²) in [5.74, 6) is -0.559. The fourth-order valence-corrected chi connectivity index (χ4v) is 10.7. The van der Waals surface area contributed by atoms with Gasteiger partial charge in [0.25, 0.3) is 0 Å². The largest absolute Gasteiger partial charge is 0.462 e. The Labute approximate surface area is 446 Å². The maximum atomic E-state index is 12.3. The predicted molar refractivity (Wildman–Crippen MR) is 312 cm³/mol. The smallest absolute Gasteiger partial charge is 0.306 e. The van der Waals surface area contributed by atoms with E-state index in [-0.39, 0.29) is 25.2 Å². The van der Waals surface area contributed by atoms with Crippen LogP contribution in [0.1, 0.15) is 393 Å². The van der Waals surface area contributed by atoms with Crippen molar-refractivity contribution in [1.82, 2.24) is 0 Å². The van der Waals surface area contributed by atoms with E-state index in [9.17, 15) is 14.7 Å². The molecular formula is C66H130O5. The fourth-order valence-electron chi connectivity index (χ4n) is 10.7. The number of aliphatic hydroxyl groups excluding tert-OH is 1. The van der Waals surface area contributed by atoms with Gasteiger partial charge in [0.1, 0.15) is 6.61 Å². The predicted octanol–water partition coefficient (Wildman–Crippen LogP) is 22.5. The van der Waals surface area contributed by atoms with Gasteiger partial charge in [-0.25, -0.2) is 0 Å². The minimum Gasteiger partial charge on any atom is -0.462 e. The molecule has 1 unspecified atom stereocenters. The van der Waals surface area contributed by atoms with Gasteiger partial charge in [-0.2, -0.15) is 0 Å². The molecule has 1 N–H and O–H groups in total. The van der Waals surface area contributed by atoms with Gasteiger partial charge >= 0.3 is 11.9 Å². The van der Waals surface area contributed by atoms with Crippen LogP contribution in [0.5, 0.6) is 0 Å². The van der Waals surface area contributed by atoms with Crippen molar-refractivity contribution < 1.29 is 24.2 Å². The maximum Gasteiger partial charge on any atom is 0.306 e.